The van der Waals surface area contributed by atoms with E-state index in [0.29, 0.717) is 23.0 Å². The standard InChI is InChI=1S/C16H15ClN2OS/c1-3-6-20-15-5-4-12(8-14(15)17)7-13(9-18)16-19-11(2)10-21-16/h4-5,7-8,10H,3,6H2,1-2H3/b13-7-. The van der Waals surface area contributed by atoms with Crippen molar-refractivity contribution in [2.24, 2.45) is 0 Å². The number of hydrogen-bond acceptors (Lipinski definition) is 4. The van der Waals surface area contributed by atoms with Crippen molar-refractivity contribution in [3.8, 4) is 11.8 Å². The maximum absolute atomic E-state index is 9.28. The van der Waals surface area contributed by atoms with Crippen LogP contribution in [0.2, 0.25) is 5.02 Å². The number of thiazole rings is 1. The van der Waals surface area contributed by atoms with Gasteiger partial charge in [-0.2, -0.15) is 5.26 Å². The minimum atomic E-state index is 0.534. The molecule has 0 saturated heterocycles. The van der Waals surface area contributed by atoms with E-state index in [4.69, 9.17) is 16.3 Å². The Labute approximate surface area is 133 Å². The molecule has 1 heterocycles. The second-order valence-corrected chi connectivity index (χ2v) is 5.77. The Balaban J connectivity index is 2.27. The lowest BCUT2D eigenvalue weighted by Crippen LogP contribution is -1.95. The summed E-state index contributed by atoms with van der Waals surface area (Å²) in [6, 6.07) is 7.69. The number of rotatable bonds is 5. The van der Waals surface area contributed by atoms with E-state index in [1.165, 1.54) is 11.3 Å². The van der Waals surface area contributed by atoms with Crippen LogP contribution in [-0.4, -0.2) is 11.6 Å². The molecular weight excluding hydrogens is 304 g/mol. The molecule has 0 fully saturated rings. The molecule has 1 aromatic carbocycles. The average molecular weight is 319 g/mol. The van der Waals surface area contributed by atoms with E-state index >= 15 is 0 Å². The molecule has 5 heteroatoms. The molecule has 0 amide bonds. The number of nitrogens with zero attached hydrogens (tertiary/aromatic N) is 2. The van der Waals surface area contributed by atoms with Crippen LogP contribution in [0.25, 0.3) is 11.6 Å². The fourth-order valence-electron chi connectivity index (χ4n) is 1.72. The molecule has 2 aromatic rings. The number of halogens is 1. The van der Waals surface area contributed by atoms with Gasteiger partial charge in [-0.1, -0.05) is 24.6 Å². The molecule has 2 rings (SSSR count). The van der Waals surface area contributed by atoms with Gasteiger partial charge in [-0.15, -0.1) is 11.3 Å². The van der Waals surface area contributed by atoms with Crippen molar-refractivity contribution in [2.45, 2.75) is 20.3 Å². The smallest absolute Gasteiger partial charge is 0.137 e. The van der Waals surface area contributed by atoms with Crippen molar-refractivity contribution in [1.29, 1.82) is 5.26 Å². The lowest BCUT2D eigenvalue weighted by atomic mass is 10.1. The lowest BCUT2D eigenvalue weighted by Gasteiger charge is -2.07. The third-order valence-electron chi connectivity index (χ3n) is 2.70. The Kier molecular flexibility index (Phi) is 5.38. The highest BCUT2D eigenvalue weighted by Crippen LogP contribution is 2.28. The second kappa shape index (κ2) is 7.26. The number of hydrogen-bond donors (Lipinski definition) is 0. The van der Waals surface area contributed by atoms with Crippen LogP contribution in [-0.2, 0) is 0 Å². The third-order valence-corrected chi connectivity index (χ3v) is 3.99. The zero-order chi connectivity index (χ0) is 15.2. The van der Waals surface area contributed by atoms with Crippen molar-refractivity contribution >= 4 is 34.6 Å². The summed E-state index contributed by atoms with van der Waals surface area (Å²) >= 11 is 7.65. The topological polar surface area (TPSA) is 45.9 Å². The molecule has 0 N–H and O–H groups in total. The van der Waals surface area contributed by atoms with Crippen molar-refractivity contribution < 1.29 is 4.74 Å². The SMILES string of the molecule is CCCOc1ccc(/C=C(/C#N)c2nc(C)cs2)cc1Cl. The van der Waals surface area contributed by atoms with E-state index in [9.17, 15) is 5.26 Å². The van der Waals surface area contributed by atoms with Gasteiger partial charge in [0, 0.05) is 11.1 Å². The van der Waals surface area contributed by atoms with Crippen LogP contribution in [0, 0.1) is 18.3 Å². The molecule has 0 aliphatic rings. The van der Waals surface area contributed by atoms with Gasteiger partial charge in [0.05, 0.1) is 17.2 Å². The molecule has 0 spiro atoms. The first kappa shape index (κ1) is 15.6. The van der Waals surface area contributed by atoms with Crippen LogP contribution in [0.3, 0.4) is 0 Å². The van der Waals surface area contributed by atoms with Crippen LogP contribution in [0.15, 0.2) is 23.6 Å². The van der Waals surface area contributed by atoms with Crippen LogP contribution in [0.1, 0.15) is 29.6 Å². The third kappa shape index (κ3) is 4.07. The first-order chi connectivity index (χ1) is 10.1. The van der Waals surface area contributed by atoms with Gasteiger partial charge in [0.25, 0.3) is 0 Å². The number of ether oxygens (including phenoxy) is 1. The lowest BCUT2D eigenvalue weighted by molar-refractivity contribution is 0.317. The van der Waals surface area contributed by atoms with Gasteiger partial charge >= 0.3 is 0 Å². The van der Waals surface area contributed by atoms with Gasteiger partial charge in [0.2, 0.25) is 0 Å². The summed E-state index contributed by atoms with van der Waals surface area (Å²) in [4.78, 5) is 4.33. The zero-order valence-electron chi connectivity index (χ0n) is 11.9. The molecule has 108 valence electrons. The van der Waals surface area contributed by atoms with Gasteiger partial charge in [-0.25, -0.2) is 4.98 Å². The molecule has 21 heavy (non-hydrogen) atoms. The summed E-state index contributed by atoms with van der Waals surface area (Å²) in [6.07, 6.45) is 2.72. The molecule has 0 radical (unpaired) electrons. The summed E-state index contributed by atoms with van der Waals surface area (Å²) in [6.45, 7) is 4.59. The first-order valence-electron chi connectivity index (χ1n) is 6.60. The Morgan fingerprint density at radius 2 is 2.33 bits per heavy atom. The highest BCUT2D eigenvalue weighted by Gasteiger charge is 2.07. The average Bonchev–Trinajstić information content (AvgIpc) is 2.90. The number of aryl methyl sites for hydroxylation is 1. The number of nitriles is 1. The second-order valence-electron chi connectivity index (χ2n) is 4.50. The fraction of sp³-hybridized carbons (Fsp3) is 0.250. The minimum Gasteiger partial charge on any atom is -0.492 e. The molecule has 0 aliphatic carbocycles. The van der Waals surface area contributed by atoms with Crippen LogP contribution < -0.4 is 4.74 Å². The molecule has 0 atom stereocenters. The summed E-state index contributed by atoms with van der Waals surface area (Å²) in [5, 5.41) is 12.5. The van der Waals surface area contributed by atoms with Crippen LogP contribution >= 0.6 is 22.9 Å². The Hall–Kier alpha value is -1.83. The Morgan fingerprint density at radius 3 is 2.90 bits per heavy atom. The molecule has 3 nitrogen and oxygen atoms in total. The largest absolute Gasteiger partial charge is 0.492 e. The molecular formula is C16H15ClN2OS. The summed E-state index contributed by atoms with van der Waals surface area (Å²) in [5.74, 6) is 0.666. The number of benzene rings is 1. The predicted molar refractivity (Wildman–Crippen MR) is 87.6 cm³/mol. The molecule has 0 aliphatic heterocycles. The normalized spacial score (nSPS) is 11.2. The molecule has 0 saturated carbocycles. The van der Waals surface area contributed by atoms with Gasteiger partial charge in [0.15, 0.2) is 0 Å². The van der Waals surface area contributed by atoms with E-state index in [1.54, 1.807) is 12.1 Å². The van der Waals surface area contributed by atoms with Crippen LogP contribution in [0.5, 0.6) is 5.75 Å². The van der Waals surface area contributed by atoms with Crippen molar-refractivity contribution in [3.05, 3.63) is 44.9 Å². The zero-order valence-corrected chi connectivity index (χ0v) is 13.5. The van der Waals surface area contributed by atoms with Crippen molar-refractivity contribution in [1.82, 2.24) is 4.98 Å². The number of allylic oxidation sites excluding steroid dienone is 1. The van der Waals surface area contributed by atoms with Gasteiger partial charge < -0.3 is 4.74 Å². The molecule has 1 aromatic heterocycles. The maximum Gasteiger partial charge on any atom is 0.137 e. The van der Waals surface area contributed by atoms with Gasteiger partial charge in [-0.3, -0.25) is 0 Å². The van der Waals surface area contributed by atoms with E-state index in [2.05, 4.69) is 11.1 Å². The predicted octanol–water partition coefficient (Wildman–Crippen LogP) is 4.96. The van der Waals surface area contributed by atoms with E-state index in [0.717, 1.165) is 22.7 Å². The summed E-state index contributed by atoms with van der Waals surface area (Å²) < 4.78 is 5.53. The monoisotopic (exact) mass is 318 g/mol. The minimum absolute atomic E-state index is 0.534. The van der Waals surface area contributed by atoms with Crippen LogP contribution in [0.4, 0.5) is 0 Å². The fourth-order valence-corrected chi connectivity index (χ4v) is 2.73. The Bertz CT molecular complexity index is 701. The summed E-state index contributed by atoms with van der Waals surface area (Å²) in [7, 11) is 0. The van der Waals surface area contributed by atoms with E-state index < -0.39 is 0 Å². The van der Waals surface area contributed by atoms with Gasteiger partial charge in [0.1, 0.15) is 16.8 Å². The van der Waals surface area contributed by atoms with Crippen molar-refractivity contribution in [3.63, 3.8) is 0 Å². The van der Waals surface area contributed by atoms with E-state index in [1.807, 2.05) is 31.4 Å². The maximum atomic E-state index is 9.28. The Morgan fingerprint density at radius 1 is 1.52 bits per heavy atom. The van der Waals surface area contributed by atoms with E-state index in [-0.39, 0.29) is 0 Å². The highest BCUT2D eigenvalue weighted by atomic mass is 35.5. The molecule has 0 unspecified atom stereocenters. The molecule has 0 bridgehead atoms. The van der Waals surface area contributed by atoms with Crippen molar-refractivity contribution in [2.75, 3.05) is 6.61 Å². The summed E-state index contributed by atoms with van der Waals surface area (Å²) in [5.41, 5.74) is 2.30. The number of aromatic nitrogens is 1. The highest BCUT2D eigenvalue weighted by molar-refractivity contribution is 7.11. The first-order valence-corrected chi connectivity index (χ1v) is 7.86. The van der Waals surface area contributed by atoms with Gasteiger partial charge in [-0.05, 0) is 37.1 Å². The quantitative estimate of drug-likeness (QED) is 0.732.